The Kier molecular flexibility index (Phi) is 13.6. The van der Waals surface area contributed by atoms with Crippen LogP contribution in [0.25, 0.3) is 0 Å². The number of halogens is 2. The van der Waals surface area contributed by atoms with Gasteiger partial charge >= 0.3 is 0 Å². The Morgan fingerprint density at radius 1 is 0.822 bits per heavy atom. The molecule has 0 aromatic heterocycles. The number of nitrogens with one attached hydrogen (secondary N) is 2. The van der Waals surface area contributed by atoms with Crippen molar-refractivity contribution in [3.05, 3.63) is 98.0 Å². The highest BCUT2D eigenvalue weighted by Gasteiger charge is 2.25. The summed E-state index contributed by atoms with van der Waals surface area (Å²) in [4.78, 5) is 29.9. The van der Waals surface area contributed by atoms with E-state index in [1.54, 1.807) is 53.4 Å². The number of nitrogens with zero attached hydrogens (tertiary/aromatic N) is 4. The van der Waals surface area contributed by atoms with Crippen molar-refractivity contribution >= 4 is 50.5 Å². The maximum atomic E-state index is 13.2. The normalized spacial score (nSPS) is 11.8. The molecule has 1 amide bonds. The van der Waals surface area contributed by atoms with E-state index in [1.807, 2.05) is 38.0 Å². The molecule has 0 atom stereocenters. The second kappa shape index (κ2) is 16.9. The molecule has 0 aliphatic rings. The van der Waals surface area contributed by atoms with E-state index < -0.39 is 33.2 Å². The summed E-state index contributed by atoms with van der Waals surface area (Å²) in [5.74, 6) is -0.363. The summed E-state index contributed by atoms with van der Waals surface area (Å²) < 4.78 is 28.8. The molecule has 0 spiro atoms. The second-order valence-corrected chi connectivity index (χ2v) is 13.8. The smallest absolute Gasteiger partial charge is 0.293 e. The average molecular weight is 680 g/mol. The van der Waals surface area contributed by atoms with E-state index in [1.165, 1.54) is 12.1 Å². The van der Waals surface area contributed by atoms with Gasteiger partial charge in [-0.25, -0.2) is 13.1 Å². The number of carbonyl (C=O) groups is 1. The maximum Gasteiger partial charge on any atom is 0.293 e. The van der Waals surface area contributed by atoms with Gasteiger partial charge in [0.2, 0.25) is 15.9 Å². The summed E-state index contributed by atoms with van der Waals surface area (Å²) in [6.45, 7) is 2.07. The first-order valence-corrected chi connectivity index (χ1v) is 16.6. The predicted molar refractivity (Wildman–Crippen MR) is 180 cm³/mol. The van der Waals surface area contributed by atoms with Crippen molar-refractivity contribution in [3.8, 4) is 0 Å². The Hall–Kier alpha value is -3.26. The van der Waals surface area contributed by atoms with Gasteiger partial charge in [-0.05, 0) is 102 Å². The Bertz CT molecular complexity index is 1480. The topological polar surface area (TPSA) is 128 Å². The van der Waals surface area contributed by atoms with Crippen molar-refractivity contribution in [2.24, 2.45) is 0 Å². The van der Waals surface area contributed by atoms with Gasteiger partial charge in [-0.15, -0.1) is 0 Å². The summed E-state index contributed by atoms with van der Waals surface area (Å²) in [6.07, 6.45) is 1.47. The summed E-state index contributed by atoms with van der Waals surface area (Å²) in [7, 11) is 3.54. The van der Waals surface area contributed by atoms with Crippen LogP contribution >= 0.6 is 23.2 Å². The molecule has 11 nitrogen and oxygen atoms in total. The number of hydrogen-bond donors (Lipinski definition) is 2. The molecule has 0 bridgehead atoms. The quantitative estimate of drug-likeness (QED) is 0.149. The second-order valence-electron chi connectivity index (χ2n) is 11.1. The molecule has 3 aromatic carbocycles. The zero-order valence-electron chi connectivity index (χ0n) is 25.9. The molecule has 0 saturated heterocycles. The van der Waals surface area contributed by atoms with Gasteiger partial charge in [0, 0.05) is 29.2 Å². The highest BCUT2D eigenvalue weighted by atomic mass is 35.5. The zero-order chi connectivity index (χ0) is 33.1. The van der Waals surface area contributed by atoms with E-state index in [0.717, 1.165) is 43.1 Å². The first-order valence-electron chi connectivity index (χ1n) is 14.4. The van der Waals surface area contributed by atoms with Gasteiger partial charge in [0.25, 0.3) is 5.69 Å². The number of carbonyl (C=O) groups excluding carboxylic acids is 1. The molecular weight excluding hydrogens is 639 g/mol. The summed E-state index contributed by atoms with van der Waals surface area (Å²) >= 11 is 12.2. The van der Waals surface area contributed by atoms with Gasteiger partial charge < -0.3 is 20.0 Å². The number of nitro benzene ring substituents is 1. The van der Waals surface area contributed by atoms with Gasteiger partial charge in [0.05, 0.1) is 22.4 Å². The van der Waals surface area contributed by atoms with Crippen LogP contribution in [0.2, 0.25) is 10.0 Å². The van der Waals surface area contributed by atoms with Gasteiger partial charge in [0.1, 0.15) is 5.69 Å². The molecular formula is C31H40Cl2N6O5S. The van der Waals surface area contributed by atoms with E-state index >= 15 is 0 Å². The molecule has 14 heteroatoms. The average Bonchev–Trinajstić information content (AvgIpc) is 2.98. The molecule has 3 aromatic rings. The van der Waals surface area contributed by atoms with Crippen molar-refractivity contribution < 1.29 is 18.1 Å². The maximum absolute atomic E-state index is 13.2. The molecule has 0 aliphatic carbocycles. The lowest BCUT2D eigenvalue weighted by atomic mass is 9.98. The molecule has 0 heterocycles. The zero-order valence-corrected chi connectivity index (χ0v) is 28.2. The van der Waals surface area contributed by atoms with Crippen LogP contribution in [-0.2, 0) is 14.8 Å². The molecule has 3 rings (SSSR count). The molecule has 244 valence electrons. The monoisotopic (exact) mass is 678 g/mol. The Morgan fingerprint density at radius 3 is 1.76 bits per heavy atom. The van der Waals surface area contributed by atoms with Gasteiger partial charge in [-0.3, -0.25) is 14.9 Å². The van der Waals surface area contributed by atoms with E-state index in [4.69, 9.17) is 23.2 Å². The van der Waals surface area contributed by atoms with Crippen molar-refractivity contribution in [3.63, 3.8) is 0 Å². The summed E-state index contributed by atoms with van der Waals surface area (Å²) in [5, 5.41) is 16.4. The van der Waals surface area contributed by atoms with Crippen LogP contribution in [0.1, 0.15) is 30.0 Å². The van der Waals surface area contributed by atoms with E-state index in [-0.39, 0.29) is 16.5 Å². The fraction of sp³-hybridized carbons (Fsp3) is 0.387. The number of nitro groups is 1. The van der Waals surface area contributed by atoms with Crippen LogP contribution in [-0.4, -0.2) is 94.9 Å². The minimum atomic E-state index is -4.25. The number of rotatable bonds is 17. The van der Waals surface area contributed by atoms with Crippen LogP contribution in [0, 0.1) is 10.1 Å². The van der Waals surface area contributed by atoms with Crippen LogP contribution < -0.4 is 10.0 Å². The summed E-state index contributed by atoms with van der Waals surface area (Å²) in [6, 6.07) is 17.1. The fourth-order valence-electron chi connectivity index (χ4n) is 4.65. The molecule has 0 radical (unpaired) electrons. The van der Waals surface area contributed by atoms with Crippen LogP contribution in [0.3, 0.4) is 0 Å². The minimum absolute atomic E-state index is 0.109. The molecule has 0 unspecified atom stereocenters. The Labute approximate surface area is 275 Å². The van der Waals surface area contributed by atoms with E-state index in [9.17, 15) is 23.3 Å². The first kappa shape index (κ1) is 36.2. The van der Waals surface area contributed by atoms with E-state index in [0.29, 0.717) is 23.1 Å². The highest BCUT2D eigenvalue weighted by Crippen LogP contribution is 2.34. The number of amides is 1. The van der Waals surface area contributed by atoms with Gasteiger partial charge in [-0.2, -0.15) is 0 Å². The Balaban J connectivity index is 1.82. The Morgan fingerprint density at radius 2 is 1.31 bits per heavy atom. The largest absolute Gasteiger partial charge is 0.369 e. The van der Waals surface area contributed by atoms with Gasteiger partial charge in [-0.1, -0.05) is 47.5 Å². The van der Waals surface area contributed by atoms with Crippen molar-refractivity contribution in [1.82, 2.24) is 19.4 Å². The highest BCUT2D eigenvalue weighted by molar-refractivity contribution is 7.89. The predicted octanol–water partition coefficient (Wildman–Crippen LogP) is 5.11. The van der Waals surface area contributed by atoms with Crippen LogP contribution in [0.15, 0.2) is 71.6 Å². The van der Waals surface area contributed by atoms with Crippen molar-refractivity contribution in [2.75, 3.05) is 66.2 Å². The molecule has 0 fully saturated rings. The fourth-order valence-corrected chi connectivity index (χ4v) is 5.89. The third kappa shape index (κ3) is 11.2. The number of anilines is 1. The third-order valence-corrected chi connectivity index (χ3v) is 8.92. The minimum Gasteiger partial charge on any atom is -0.369 e. The molecule has 0 aliphatic heterocycles. The lowest BCUT2D eigenvalue weighted by molar-refractivity contribution is -0.384. The molecule has 45 heavy (non-hydrogen) atoms. The van der Waals surface area contributed by atoms with Crippen LogP contribution in [0.4, 0.5) is 11.4 Å². The van der Waals surface area contributed by atoms with Gasteiger partial charge in [0.15, 0.2) is 0 Å². The lowest BCUT2D eigenvalue weighted by Crippen LogP contribution is -2.42. The van der Waals surface area contributed by atoms with E-state index in [2.05, 4.69) is 10.0 Å². The number of sulfonamides is 1. The van der Waals surface area contributed by atoms with Crippen LogP contribution in [0.5, 0.6) is 0 Å². The molecule has 2 N–H and O–H groups in total. The third-order valence-electron chi connectivity index (χ3n) is 7.02. The summed E-state index contributed by atoms with van der Waals surface area (Å²) in [5.41, 5.74) is 1.21. The number of hydrogen-bond acceptors (Lipinski definition) is 8. The van der Waals surface area contributed by atoms with Crippen molar-refractivity contribution in [1.29, 1.82) is 0 Å². The SMILES string of the molecule is CN(C)CCCN(CCCN(C)C)C(=O)CNS(=O)(=O)c1ccc(NC(c2ccc(Cl)cc2)c2ccc(Cl)cc2)c([N+](=O)[O-])c1. The number of benzene rings is 3. The molecule has 0 saturated carbocycles. The van der Waals surface area contributed by atoms with Crippen molar-refractivity contribution in [2.45, 2.75) is 23.8 Å². The lowest BCUT2D eigenvalue weighted by Gasteiger charge is -2.24. The first-order chi connectivity index (χ1) is 21.3. The standard InChI is InChI=1S/C31H40Cl2N6O5S/c1-36(2)17-5-19-38(20-6-18-37(3)4)30(40)22-34-45(43,44)27-15-16-28(29(21-27)39(41)42)35-31(23-7-11-25(32)12-8-23)24-9-13-26(33)14-10-24/h7-16,21,31,34-35H,5-6,17-20,22H2,1-4H3.